The van der Waals surface area contributed by atoms with E-state index < -0.39 is 35.3 Å². The van der Waals surface area contributed by atoms with Gasteiger partial charge in [0.05, 0.1) is 23.0 Å². The van der Waals surface area contributed by atoms with Gasteiger partial charge in [-0.2, -0.15) is 13.2 Å². The van der Waals surface area contributed by atoms with Crippen molar-refractivity contribution < 1.29 is 27.9 Å². The molecule has 4 nitrogen and oxygen atoms in total. The Bertz CT molecular complexity index is 375. The van der Waals surface area contributed by atoms with Crippen LogP contribution in [0.4, 0.5) is 13.2 Å². The highest BCUT2D eigenvalue weighted by molar-refractivity contribution is 8.00. The largest absolute Gasteiger partial charge is 0.481 e. The number of carbonyl (C=O) groups excluding carboxylic acids is 1. The number of carboxylic acids is 1. The van der Waals surface area contributed by atoms with Gasteiger partial charge in [0, 0.05) is 0 Å². The SMILES string of the molecule is CC1(NC(=O)CSCC(F)(F)F)CCCCC1C(=O)O. The fraction of sp³-hybridized carbons (Fsp3) is 0.833. The lowest BCUT2D eigenvalue weighted by molar-refractivity contribution is -0.146. The summed E-state index contributed by atoms with van der Waals surface area (Å²) in [6, 6.07) is 0. The maximum Gasteiger partial charge on any atom is 0.397 e. The normalized spacial score (nSPS) is 27.1. The number of carboxylic acid groups (broad SMARTS) is 1. The van der Waals surface area contributed by atoms with E-state index in [0.717, 1.165) is 12.8 Å². The molecule has 2 N–H and O–H groups in total. The van der Waals surface area contributed by atoms with Gasteiger partial charge in [-0.15, -0.1) is 11.8 Å². The van der Waals surface area contributed by atoms with Gasteiger partial charge in [0.2, 0.25) is 5.91 Å². The second-order valence-corrected chi connectivity index (χ2v) is 6.20. The minimum atomic E-state index is -4.30. The summed E-state index contributed by atoms with van der Waals surface area (Å²) in [5.41, 5.74) is -0.875. The van der Waals surface area contributed by atoms with Gasteiger partial charge in [0.15, 0.2) is 0 Å². The number of hydrogen-bond donors (Lipinski definition) is 2. The zero-order valence-corrected chi connectivity index (χ0v) is 11.9. The van der Waals surface area contributed by atoms with Crippen LogP contribution in [0.2, 0.25) is 0 Å². The van der Waals surface area contributed by atoms with E-state index in [-0.39, 0.29) is 5.75 Å². The van der Waals surface area contributed by atoms with Gasteiger partial charge in [-0.05, 0) is 19.8 Å². The number of carbonyl (C=O) groups is 2. The summed E-state index contributed by atoms with van der Waals surface area (Å²) in [6.07, 6.45) is -1.72. The molecule has 0 aliphatic heterocycles. The Morgan fingerprint density at radius 1 is 1.40 bits per heavy atom. The molecule has 0 spiro atoms. The van der Waals surface area contributed by atoms with Crippen LogP contribution in [0.1, 0.15) is 32.6 Å². The van der Waals surface area contributed by atoms with E-state index >= 15 is 0 Å². The minimum absolute atomic E-state index is 0.318. The van der Waals surface area contributed by atoms with Gasteiger partial charge >= 0.3 is 12.1 Å². The van der Waals surface area contributed by atoms with Crippen molar-refractivity contribution in [1.82, 2.24) is 5.32 Å². The lowest BCUT2D eigenvalue weighted by Crippen LogP contribution is -2.55. The van der Waals surface area contributed by atoms with E-state index in [1.165, 1.54) is 0 Å². The molecule has 0 aromatic heterocycles. The highest BCUT2D eigenvalue weighted by Gasteiger charge is 2.42. The van der Waals surface area contributed by atoms with Crippen molar-refractivity contribution >= 4 is 23.6 Å². The third-order valence-electron chi connectivity index (χ3n) is 3.43. The molecule has 1 aliphatic carbocycles. The van der Waals surface area contributed by atoms with Crippen LogP contribution in [0.5, 0.6) is 0 Å². The van der Waals surface area contributed by atoms with Gasteiger partial charge in [0.1, 0.15) is 0 Å². The van der Waals surface area contributed by atoms with Crippen molar-refractivity contribution in [2.75, 3.05) is 11.5 Å². The number of thioether (sulfide) groups is 1. The predicted molar refractivity (Wildman–Crippen MR) is 69.5 cm³/mol. The summed E-state index contributed by atoms with van der Waals surface area (Å²) >= 11 is 0.481. The number of rotatable bonds is 5. The summed E-state index contributed by atoms with van der Waals surface area (Å²) in [7, 11) is 0. The topological polar surface area (TPSA) is 66.4 Å². The van der Waals surface area contributed by atoms with Crippen molar-refractivity contribution in [3.05, 3.63) is 0 Å². The molecule has 116 valence electrons. The molecule has 0 heterocycles. The number of alkyl halides is 3. The quantitative estimate of drug-likeness (QED) is 0.818. The van der Waals surface area contributed by atoms with E-state index in [9.17, 15) is 22.8 Å². The predicted octanol–water partition coefficient (Wildman–Crippen LogP) is 2.43. The minimum Gasteiger partial charge on any atom is -0.481 e. The molecule has 1 saturated carbocycles. The van der Waals surface area contributed by atoms with E-state index in [4.69, 9.17) is 5.11 Å². The molecule has 0 radical (unpaired) electrons. The van der Waals surface area contributed by atoms with Crippen LogP contribution in [0, 0.1) is 5.92 Å². The van der Waals surface area contributed by atoms with Crippen LogP contribution in [-0.2, 0) is 9.59 Å². The van der Waals surface area contributed by atoms with Crippen molar-refractivity contribution in [2.24, 2.45) is 5.92 Å². The molecule has 2 atom stereocenters. The first-order chi connectivity index (χ1) is 9.14. The lowest BCUT2D eigenvalue weighted by Gasteiger charge is -2.39. The molecule has 1 fully saturated rings. The second-order valence-electron chi connectivity index (χ2n) is 5.21. The first kappa shape index (κ1) is 17.1. The molecular weight excluding hydrogens is 295 g/mol. The van der Waals surface area contributed by atoms with E-state index in [2.05, 4.69) is 5.32 Å². The Morgan fingerprint density at radius 3 is 2.60 bits per heavy atom. The molecule has 2 unspecified atom stereocenters. The second kappa shape index (κ2) is 6.69. The standard InChI is InChI=1S/C12H18F3NO3S/c1-11(5-3-2-4-8(11)10(18)19)16-9(17)6-20-7-12(13,14)15/h8H,2-7H2,1H3,(H,16,17)(H,18,19). The van der Waals surface area contributed by atoms with Crippen LogP contribution in [0.15, 0.2) is 0 Å². The Hall–Kier alpha value is -0.920. The highest BCUT2D eigenvalue weighted by Crippen LogP contribution is 2.34. The van der Waals surface area contributed by atoms with Gasteiger partial charge in [-0.3, -0.25) is 9.59 Å². The average Bonchev–Trinajstić information content (AvgIpc) is 2.26. The molecule has 20 heavy (non-hydrogen) atoms. The van der Waals surface area contributed by atoms with Crippen molar-refractivity contribution in [2.45, 2.75) is 44.3 Å². The lowest BCUT2D eigenvalue weighted by atomic mass is 9.74. The zero-order chi connectivity index (χ0) is 15.4. The fourth-order valence-corrected chi connectivity index (χ4v) is 3.08. The van der Waals surface area contributed by atoms with Crippen LogP contribution < -0.4 is 5.32 Å². The highest BCUT2D eigenvalue weighted by atomic mass is 32.2. The van der Waals surface area contributed by atoms with Crippen LogP contribution in [0.25, 0.3) is 0 Å². The fourth-order valence-electron chi connectivity index (χ4n) is 2.49. The van der Waals surface area contributed by atoms with Gasteiger partial charge in [-0.25, -0.2) is 0 Å². The van der Waals surface area contributed by atoms with Crippen molar-refractivity contribution in [3.8, 4) is 0 Å². The molecule has 0 saturated heterocycles. The van der Waals surface area contributed by atoms with Gasteiger partial charge in [0.25, 0.3) is 0 Å². The number of halogens is 3. The number of aliphatic carboxylic acids is 1. The number of hydrogen-bond acceptors (Lipinski definition) is 3. The van der Waals surface area contributed by atoms with Gasteiger partial charge < -0.3 is 10.4 Å². The zero-order valence-electron chi connectivity index (χ0n) is 11.1. The smallest absolute Gasteiger partial charge is 0.397 e. The van der Waals surface area contributed by atoms with E-state index in [1.54, 1.807) is 6.92 Å². The summed E-state index contributed by atoms with van der Waals surface area (Å²) in [4.78, 5) is 22.9. The Labute approximate surface area is 119 Å². The van der Waals surface area contributed by atoms with Crippen LogP contribution in [0.3, 0.4) is 0 Å². The molecular formula is C12H18F3NO3S. The molecule has 0 aromatic rings. The summed E-state index contributed by atoms with van der Waals surface area (Å²) in [5, 5.41) is 11.8. The van der Waals surface area contributed by atoms with Crippen molar-refractivity contribution in [1.29, 1.82) is 0 Å². The molecule has 1 rings (SSSR count). The Kier molecular flexibility index (Phi) is 5.73. The Morgan fingerprint density at radius 2 is 2.05 bits per heavy atom. The molecule has 0 bridgehead atoms. The Balaban J connectivity index is 2.51. The third-order valence-corrected chi connectivity index (χ3v) is 4.43. The summed E-state index contributed by atoms with van der Waals surface area (Å²) in [5.74, 6) is -3.61. The molecule has 0 aromatic carbocycles. The molecule has 1 aliphatic rings. The maximum atomic E-state index is 12.0. The summed E-state index contributed by atoms with van der Waals surface area (Å²) in [6.45, 7) is 1.65. The van der Waals surface area contributed by atoms with Gasteiger partial charge in [-0.1, -0.05) is 12.8 Å². The third kappa shape index (κ3) is 5.22. The van der Waals surface area contributed by atoms with Crippen LogP contribution in [-0.4, -0.2) is 40.2 Å². The number of nitrogens with one attached hydrogen (secondary N) is 1. The first-order valence-electron chi connectivity index (χ1n) is 6.32. The van der Waals surface area contributed by atoms with Crippen molar-refractivity contribution in [3.63, 3.8) is 0 Å². The monoisotopic (exact) mass is 313 g/mol. The summed E-state index contributed by atoms with van der Waals surface area (Å²) < 4.78 is 35.9. The van der Waals surface area contributed by atoms with E-state index in [0.29, 0.717) is 24.6 Å². The average molecular weight is 313 g/mol. The molecule has 1 amide bonds. The maximum absolute atomic E-state index is 12.0. The molecule has 8 heteroatoms. The number of amides is 1. The van der Waals surface area contributed by atoms with Crippen LogP contribution >= 0.6 is 11.8 Å². The van der Waals surface area contributed by atoms with E-state index in [1.807, 2.05) is 0 Å². The first-order valence-corrected chi connectivity index (χ1v) is 7.48.